The van der Waals surface area contributed by atoms with Crippen LogP contribution in [-0.2, 0) is 17.9 Å². The standard InChI is InChI=1S/C23H22ClN5O2S/c1-15-6-5-9-19(16(15)2)26-21(30)14-32-23-27-20-8-4-3-7-18(20)22(31)29(23)11-10-28-13-17(24)12-25-28/h3-9,12-13H,10-11,14H2,1-2H3,(H,26,30). The Morgan fingerprint density at radius 1 is 1.12 bits per heavy atom. The van der Waals surface area contributed by atoms with Gasteiger partial charge >= 0.3 is 0 Å². The van der Waals surface area contributed by atoms with Gasteiger partial charge in [0, 0.05) is 18.4 Å². The predicted molar refractivity (Wildman–Crippen MR) is 129 cm³/mol. The number of nitrogens with zero attached hydrogens (tertiary/aromatic N) is 4. The molecule has 0 spiro atoms. The molecule has 0 radical (unpaired) electrons. The highest BCUT2D eigenvalue weighted by Crippen LogP contribution is 2.21. The summed E-state index contributed by atoms with van der Waals surface area (Å²) in [5.41, 5.74) is 3.39. The predicted octanol–water partition coefficient (Wildman–Crippen LogP) is 4.29. The third-order valence-corrected chi connectivity index (χ3v) is 6.36. The monoisotopic (exact) mass is 467 g/mol. The van der Waals surface area contributed by atoms with E-state index >= 15 is 0 Å². The largest absolute Gasteiger partial charge is 0.325 e. The molecule has 7 nitrogen and oxygen atoms in total. The van der Waals surface area contributed by atoms with Crippen LogP contribution in [0.2, 0.25) is 5.02 Å². The van der Waals surface area contributed by atoms with Crippen LogP contribution in [0.25, 0.3) is 10.9 Å². The maximum absolute atomic E-state index is 13.1. The van der Waals surface area contributed by atoms with Crippen molar-refractivity contribution in [2.24, 2.45) is 0 Å². The maximum Gasteiger partial charge on any atom is 0.262 e. The summed E-state index contributed by atoms with van der Waals surface area (Å²) in [6.07, 6.45) is 3.25. The number of aryl methyl sites for hydroxylation is 2. The summed E-state index contributed by atoms with van der Waals surface area (Å²) < 4.78 is 3.26. The molecule has 0 aliphatic heterocycles. The van der Waals surface area contributed by atoms with E-state index in [4.69, 9.17) is 11.6 Å². The highest BCUT2D eigenvalue weighted by Gasteiger charge is 2.14. The van der Waals surface area contributed by atoms with E-state index in [2.05, 4.69) is 15.4 Å². The molecule has 9 heteroatoms. The average Bonchev–Trinajstić information content (AvgIpc) is 3.20. The maximum atomic E-state index is 13.1. The number of halogens is 1. The van der Waals surface area contributed by atoms with E-state index in [1.165, 1.54) is 11.8 Å². The van der Waals surface area contributed by atoms with E-state index in [9.17, 15) is 9.59 Å². The summed E-state index contributed by atoms with van der Waals surface area (Å²) in [6, 6.07) is 13.0. The first-order valence-electron chi connectivity index (χ1n) is 10.1. The molecule has 32 heavy (non-hydrogen) atoms. The topological polar surface area (TPSA) is 81.8 Å². The molecule has 0 aliphatic rings. The molecule has 2 heterocycles. The van der Waals surface area contributed by atoms with Crippen molar-refractivity contribution in [2.75, 3.05) is 11.1 Å². The fourth-order valence-corrected chi connectivity index (χ4v) is 4.30. The van der Waals surface area contributed by atoms with E-state index in [-0.39, 0.29) is 17.2 Å². The third-order valence-electron chi connectivity index (χ3n) is 5.19. The van der Waals surface area contributed by atoms with Gasteiger partial charge in [-0.15, -0.1) is 0 Å². The lowest BCUT2D eigenvalue weighted by Gasteiger charge is -2.14. The van der Waals surface area contributed by atoms with Crippen LogP contribution in [-0.4, -0.2) is 31.0 Å². The zero-order valence-corrected chi connectivity index (χ0v) is 19.3. The Balaban J connectivity index is 1.56. The molecule has 0 atom stereocenters. The number of anilines is 1. The summed E-state index contributed by atoms with van der Waals surface area (Å²) in [4.78, 5) is 30.4. The third kappa shape index (κ3) is 4.87. The number of carbonyl (C=O) groups excluding carboxylic acids is 1. The number of aromatic nitrogens is 4. The second-order valence-corrected chi connectivity index (χ2v) is 8.75. The number of para-hydroxylation sites is 1. The van der Waals surface area contributed by atoms with Crippen LogP contribution in [0.15, 0.2) is 64.8 Å². The van der Waals surface area contributed by atoms with Crippen molar-refractivity contribution in [1.29, 1.82) is 0 Å². The number of thioether (sulfide) groups is 1. The number of hydrogen-bond donors (Lipinski definition) is 1. The first-order valence-corrected chi connectivity index (χ1v) is 11.4. The van der Waals surface area contributed by atoms with Gasteiger partial charge in [0.2, 0.25) is 5.91 Å². The van der Waals surface area contributed by atoms with Gasteiger partial charge < -0.3 is 5.32 Å². The first kappa shape index (κ1) is 22.1. The number of benzene rings is 2. The van der Waals surface area contributed by atoms with E-state index in [1.54, 1.807) is 33.8 Å². The van der Waals surface area contributed by atoms with Gasteiger partial charge in [0.25, 0.3) is 5.56 Å². The Labute approximate surface area is 194 Å². The van der Waals surface area contributed by atoms with Crippen LogP contribution in [0.1, 0.15) is 11.1 Å². The van der Waals surface area contributed by atoms with Gasteiger partial charge in [-0.25, -0.2) is 4.98 Å². The lowest BCUT2D eigenvalue weighted by molar-refractivity contribution is -0.113. The molecular formula is C23H22ClN5O2S. The van der Waals surface area contributed by atoms with Crippen molar-refractivity contribution in [2.45, 2.75) is 32.1 Å². The van der Waals surface area contributed by atoms with Crippen molar-refractivity contribution in [3.63, 3.8) is 0 Å². The second-order valence-electron chi connectivity index (χ2n) is 7.37. The van der Waals surface area contributed by atoms with Crippen LogP contribution < -0.4 is 10.9 Å². The molecular weight excluding hydrogens is 446 g/mol. The Bertz CT molecular complexity index is 1350. The molecule has 164 valence electrons. The molecule has 0 bridgehead atoms. The molecule has 0 saturated heterocycles. The number of rotatable bonds is 7. The number of hydrogen-bond acceptors (Lipinski definition) is 5. The molecule has 4 aromatic rings. The molecule has 4 rings (SSSR count). The van der Waals surface area contributed by atoms with Gasteiger partial charge in [-0.2, -0.15) is 5.10 Å². The van der Waals surface area contributed by atoms with Crippen molar-refractivity contribution in [1.82, 2.24) is 19.3 Å². The van der Waals surface area contributed by atoms with Crippen LogP contribution in [0, 0.1) is 13.8 Å². The van der Waals surface area contributed by atoms with Crippen LogP contribution in [0.4, 0.5) is 5.69 Å². The van der Waals surface area contributed by atoms with Gasteiger partial charge in [-0.1, -0.05) is 47.6 Å². The highest BCUT2D eigenvalue weighted by atomic mass is 35.5. The molecule has 0 aliphatic carbocycles. The van der Waals surface area contributed by atoms with Gasteiger partial charge in [0.15, 0.2) is 5.16 Å². The summed E-state index contributed by atoms with van der Waals surface area (Å²) in [7, 11) is 0. The lowest BCUT2D eigenvalue weighted by Crippen LogP contribution is -2.26. The Kier molecular flexibility index (Phi) is 6.62. The van der Waals surface area contributed by atoms with Crippen molar-refractivity contribution in [3.05, 3.63) is 81.4 Å². The summed E-state index contributed by atoms with van der Waals surface area (Å²) in [5.74, 6) is -0.0253. The number of fused-ring (bicyclic) bond motifs is 1. The fraction of sp³-hybridized carbons (Fsp3) is 0.217. The minimum Gasteiger partial charge on any atom is -0.325 e. The summed E-state index contributed by atoms with van der Waals surface area (Å²) >= 11 is 7.18. The SMILES string of the molecule is Cc1cccc(NC(=O)CSc2nc3ccccc3c(=O)n2CCn2cc(Cl)cn2)c1C. The molecule has 2 aromatic heterocycles. The zero-order valence-electron chi connectivity index (χ0n) is 17.7. The quantitative estimate of drug-likeness (QED) is 0.324. The Hall–Kier alpha value is -3.10. The van der Waals surface area contributed by atoms with Gasteiger partial charge in [0.05, 0.1) is 34.4 Å². The van der Waals surface area contributed by atoms with Crippen LogP contribution in [0.3, 0.4) is 0 Å². The van der Waals surface area contributed by atoms with Gasteiger partial charge in [-0.05, 0) is 43.2 Å². The number of carbonyl (C=O) groups is 1. The normalized spacial score (nSPS) is 11.1. The molecule has 0 fully saturated rings. The zero-order chi connectivity index (χ0) is 22.7. The fourth-order valence-electron chi connectivity index (χ4n) is 3.32. The Morgan fingerprint density at radius 2 is 1.94 bits per heavy atom. The van der Waals surface area contributed by atoms with Gasteiger partial charge in [-0.3, -0.25) is 18.8 Å². The minimum atomic E-state index is -0.156. The molecule has 1 N–H and O–H groups in total. The molecule has 0 unspecified atom stereocenters. The smallest absolute Gasteiger partial charge is 0.262 e. The lowest BCUT2D eigenvalue weighted by atomic mass is 10.1. The minimum absolute atomic E-state index is 0.131. The van der Waals surface area contributed by atoms with Crippen molar-refractivity contribution < 1.29 is 4.79 Å². The van der Waals surface area contributed by atoms with E-state index < -0.39 is 0 Å². The van der Waals surface area contributed by atoms with E-state index in [1.807, 2.05) is 44.2 Å². The average molecular weight is 468 g/mol. The van der Waals surface area contributed by atoms with Crippen LogP contribution >= 0.6 is 23.4 Å². The van der Waals surface area contributed by atoms with Crippen molar-refractivity contribution >= 4 is 45.9 Å². The van der Waals surface area contributed by atoms with Crippen LogP contribution in [0.5, 0.6) is 0 Å². The summed E-state index contributed by atoms with van der Waals surface area (Å²) in [6.45, 7) is 4.79. The second kappa shape index (κ2) is 9.58. The molecule has 0 saturated carbocycles. The van der Waals surface area contributed by atoms with Crippen molar-refractivity contribution in [3.8, 4) is 0 Å². The Morgan fingerprint density at radius 3 is 2.72 bits per heavy atom. The number of amides is 1. The number of nitrogens with one attached hydrogen (secondary N) is 1. The molecule has 1 amide bonds. The van der Waals surface area contributed by atoms with Gasteiger partial charge in [0.1, 0.15) is 0 Å². The molecule has 2 aromatic carbocycles. The van der Waals surface area contributed by atoms with E-state index in [0.717, 1.165) is 16.8 Å². The summed E-state index contributed by atoms with van der Waals surface area (Å²) in [5, 5.41) is 8.68. The van der Waals surface area contributed by atoms with E-state index in [0.29, 0.717) is 34.2 Å². The highest BCUT2D eigenvalue weighted by molar-refractivity contribution is 7.99. The first-order chi connectivity index (χ1) is 15.4.